The topological polar surface area (TPSA) is 52.6 Å². The molecule has 1 rings (SSSR count). The second-order valence-corrected chi connectivity index (χ2v) is 11.8. The van der Waals surface area contributed by atoms with Crippen LogP contribution in [0.15, 0.2) is 0 Å². The largest absolute Gasteiger partial charge is 0.465 e. The Morgan fingerprint density at radius 1 is 0.514 bits per heavy atom. The number of hydrogen-bond acceptors (Lipinski definition) is 4. The first-order valence-corrected chi connectivity index (χ1v) is 15.2. The Labute approximate surface area is 217 Å². The summed E-state index contributed by atoms with van der Waals surface area (Å²) in [7, 11) is 0. The van der Waals surface area contributed by atoms with Crippen molar-refractivity contribution >= 4 is 11.9 Å². The molecule has 1 saturated carbocycles. The fourth-order valence-corrected chi connectivity index (χ4v) is 5.05. The minimum absolute atomic E-state index is 0.0318. The molecule has 0 atom stereocenters. The predicted octanol–water partition coefficient (Wildman–Crippen LogP) is 9.04. The van der Waals surface area contributed by atoms with Crippen LogP contribution in [0.2, 0.25) is 0 Å². The first-order chi connectivity index (χ1) is 16.9. The Hall–Kier alpha value is -1.06. The molecule has 0 unspecified atom stereocenters. The molecule has 4 heteroatoms. The van der Waals surface area contributed by atoms with Crippen LogP contribution in [-0.4, -0.2) is 25.2 Å². The lowest BCUT2D eigenvalue weighted by molar-refractivity contribution is -0.155. The third-order valence-corrected chi connectivity index (χ3v) is 7.48. The van der Waals surface area contributed by atoms with Crippen molar-refractivity contribution in [1.29, 1.82) is 0 Å². The average Bonchev–Trinajstić information content (AvgIpc) is 2.83. The second kappa shape index (κ2) is 21.1. The van der Waals surface area contributed by atoms with Crippen molar-refractivity contribution in [2.75, 3.05) is 13.2 Å². The normalized spacial score (nSPS) is 18.2. The fourth-order valence-electron chi connectivity index (χ4n) is 5.05. The van der Waals surface area contributed by atoms with Crippen LogP contribution in [-0.2, 0) is 19.1 Å². The first kappa shape index (κ1) is 32.0. The summed E-state index contributed by atoms with van der Waals surface area (Å²) in [5.74, 6) is 1.45. The molecule has 0 heterocycles. The molecular formula is C31H58O4. The van der Waals surface area contributed by atoms with Gasteiger partial charge < -0.3 is 9.47 Å². The molecule has 0 radical (unpaired) electrons. The summed E-state index contributed by atoms with van der Waals surface area (Å²) in [4.78, 5) is 24.7. The summed E-state index contributed by atoms with van der Waals surface area (Å²) >= 11 is 0. The lowest BCUT2D eigenvalue weighted by Crippen LogP contribution is -2.28. The monoisotopic (exact) mass is 494 g/mol. The molecule has 0 aromatic heterocycles. The van der Waals surface area contributed by atoms with Crippen molar-refractivity contribution in [2.24, 2.45) is 23.7 Å². The average molecular weight is 495 g/mol. The lowest BCUT2D eigenvalue weighted by atomic mass is 9.82. The van der Waals surface area contributed by atoms with Gasteiger partial charge in [-0.1, -0.05) is 111 Å². The van der Waals surface area contributed by atoms with Gasteiger partial charge in [0.1, 0.15) is 0 Å². The number of ether oxygens (including phenoxy) is 2. The maximum atomic E-state index is 12.4. The van der Waals surface area contributed by atoms with E-state index in [1.165, 1.54) is 70.6 Å². The van der Waals surface area contributed by atoms with Crippen molar-refractivity contribution in [2.45, 2.75) is 150 Å². The van der Waals surface area contributed by atoms with Crippen LogP contribution in [0, 0.1) is 23.7 Å². The van der Waals surface area contributed by atoms with E-state index in [-0.39, 0.29) is 23.8 Å². The highest BCUT2D eigenvalue weighted by atomic mass is 16.5. The van der Waals surface area contributed by atoms with Gasteiger partial charge in [-0.15, -0.1) is 0 Å². The van der Waals surface area contributed by atoms with Gasteiger partial charge in [-0.05, 0) is 50.4 Å². The first-order valence-electron chi connectivity index (χ1n) is 15.2. The zero-order valence-corrected chi connectivity index (χ0v) is 23.8. The quantitative estimate of drug-likeness (QED) is 0.118. The van der Waals surface area contributed by atoms with Crippen LogP contribution < -0.4 is 0 Å². The van der Waals surface area contributed by atoms with Crippen molar-refractivity contribution in [3.63, 3.8) is 0 Å². The maximum absolute atomic E-state index is 12.4. The van der Waals surface area contributed by atoms with Gasteiger partial charge in [-0.3, -0.25) is 9.59 Å². The summed E-state index contributed by atoms with van der Waals surface area (Å²) in [5, 5.41) is 0. The highest BCUT2D eigenvalue weighted by Crippen LogP contribution is 2.30. The summed E-state index contributed by atoms with van der Waals surface area (Å²) in [6, 6.07) is 0. The molecular weight excluding hydrogens is 436 g/mol. The number of esters is 2. The van der Waals surface area contributed by atoms with Crippen LogP contribution in [0.3, 0.4) is 0 Å². The Morgan fingerprint density at radius 2 is 0.800 bits per heavy atom. The zero-order valence-electron chi connectivity index (χ0n) is 23.8. The summed E-state index contributed by atoms with van der Waals surface area (Å²) in [6.07, 6.45) is 21.7. The predicted molar refractivity (Wildman–Crippen MR) is 146 cm³/mol. The second-order valence-electron chi connectivity index (χ2n) is 11.8. The molecule has 1 fully saturated rings. The molecule has 0 amide bonds. The Balaban J connectivity index is 1.96. The highest BCUT2D eigenvalue weighted by Gasteiger charge is 2.31. The SMILES string of the molecule is CC(C)CCCCCCCCCOC(=O)C1CCC(C(=O)OCCCCCCCCC(C)C)CC1. The number of hydrogen-bond donors (Lipinski definition) is 0. The molecule has 0 bridgehead atoms. The molecule has 0 aromatic carbocycles. The Bertz CT molecular complexity index is 520. The molecule has 0 aliphatic heterocycles. The minimum atomic E-state index is -0.0574. The third kappa shape index (κ3) is 17.9. The molecule has 0 aromatic rings. The van der Waals surface area contributed by atoms with Crippen LogP contribution in [0.1, 0.15) is 150 Å². The van der Waals surface area contributed by atoms with E-state index < -0.39 is 0 Å². The van der Waals surface area contributed by atoms with Crippen LogP contribution >= 0.6 is 0 Å². The van der Waals surface area contributed by atoms with E-state index in [1.54, 1.807) is 0 Å². The lowest BCUT2D eigenvalue weighted by Gasteiger charge is -2.26. The van der Waals surface area contributed by atoms with E-state index in [0.29, 0.717) is 13.2 Å². The molecule has 206 valence electrons. The van der Waals surface area contributed by atoms with Gasteiger partial charge in [0.2, 0.25) is 0 Å². The van der Waals surface area contributed by atoms with Gasteiger partial charge >= 0.3 is 11.9 Å². The third-order valence-electron chi connectivity index (χ3n) is 7.48. The van der Waals surface area contributed by atoms with E-state index in [1.807, 2.05) is 0 Å². The molecule has 0 saturated heterocycles. The maximum Gasteiger partial charge on any atom is 0.308 e. The van der Waals surface area contributed by atoms with Crippen molar-refractivity contribution in [3.8, 4) is 0 Å². The zero-order chi connectivity index (χ0) is 25.7. The number of rotatable bonds is 21. The van der Waals surface area contributed by atoms with Crippen LogP contribution in [0.5, 0.6) is 0 Å². The van der Waals surface area contributed by atoms with Gasteiger partial charge in [0.05, 0.1) is 25.0 Å². The molecule has 1 aliphatic carbocycles. The van der Waals surface area contributed by atoms with Gasteiger partial charge in [0.15, 0.2) is 0 Å². The van der Waals surface area contributed by atoms with E-state index in [2.05, 4.69) is 27.7 Å². The van der Waals surface area contributed by atoms with Crippen molar-refractivity contribution in [1.82, 2.24) is 0 Å². The number of carbonyl (C=O) groups is 2. The molecule has 35 heavy (non-hydrogen) atoms. The van der Waals surface area contributed by atoms with E-state index in [0.717, 1.165) is 63.2 Å². The van der Waals surface area contributed by atoms with E-state index in [9.17, 15) is 9.59 Å². The number of carbonyl (C=O) groups excluding carboxylic acids is 2. The van der Waals surface area contributed by atoms with Crippen LogP contribution in [0.25, 0.3) is 0 Å². The molecule has 0 N–H and O–H groups in total. The Kier molecular flexibility index (Phi) is 19.2. The van der Waals surface area contributed by atoms with E-state index >= 15 is 0 Å². The standard InChI is InChI=1S/C31H58O4/c1-26(2)18-14-10-6-5-8-12-16-24-34-30(32)28-20-22-29(23-21-28)31(33)35-25-17-13-9-7-11-15-19-27(3)4/h26-29H,5-25H2,1-4H3. The van der Waals surface area contributed by atoms with Gasteiger partial charge in [0, 0.05) is 0 Å². The van der Waals surface area contributed by atoms with Crippen LogP contribution in [0.4, 0.5) is 0 Å². The fraction of sp³-hybridized carbons (Fsp3) is 0.935. The van der Waals surface area contributed by atoms with Crippen molar-refractivity contribution < 1.29 is 19.1 Å². The van der Waals surface area contributed by atoms with Gasteiger partial charge in [0.25, 0.3) is 0 Å². The van der Waals surface area contributed by atoms with Gasteiger partial charge in [-0.2, -0.15) is 0 Å². The number of unbranched alkanes of at least 4 members (excludes halogenated alkanes) is 11. The van der Waals surface area contributed by atoms with Gasteiger partial charge in [-0.25, -0.2) is 0 Å². The minimum Gasteiger partial charge on any atom is -0.465 e. The Morgan fingerprint density at radius 3 is 1.11 bits per heavy atom. The molecule has 1 aliphatic rings. The molecule has 4 nitrogen and oxygen atoms in total. The summed E-state index contributed by atoms with van der Waals surface area (Å²) in [5.41, 5.74) is 0. The summed E-state index contributed by atoms with van der Waals surface area (Å²) < 4.78 is 11.1. The molecule has 0 spiro atoms. The highest BCUT2D eigenvalue weighted by molar-refractivity contribution is 5.75. The van der Waals surface area contributed by atoms with E-state index in [4.69, 9.17) is 9.47 Å². The van der Waals surface area contributed by atoms with Crippen molar-refractivity contribution in [3.05, 3.63) is 0 Å². The smallest absolute Gasteiger partial charge is 0.308 e. The summed E-state index contributed by atoms with van der Waals surface area (Å²) in [6.45, 7) is 10.2.